The van der Waals surface area contributed by atoms with Crippen LogP contribution in [0.1, 0.15) is 35.7 Å². The van der Waals surface area contributed by atoms with Gasteiger partial charge in [-0.05, 0) is 47.5 Å². The molecule has 0 radical (unpaired) electrons. The lowest BCUT2D eigenvalue weighted by Crippen LogP contribution is -2.40. The molecule has 0 fully saturated rings. The average molecular weight is 505 g/mol. The molecule has 0 aliphatic carbocycles. The first-order chi connectivity index (χ1) is 17.7. The molecule has 3 rings (SSSR count). The van der Waals surface area contributed by atoms with Crippen LogP contribution in [-0.2, 0) is 19.1 Å². The standard InChI is InChI=1S/C27H28N4O6/c1-16(32)37-27(34)24(17-7-5-4-6-8-17)31-26(33)23(19-13-21(35-2)15-22(14-19)36-3)30-20-11-9-18(10-12-20)25(28)29/h4-15,23-24,30H,1-3H3,(H3,28,29)(H,31,33). The van der Waals surface area contributed by atoms with Crippen LogP contribution in [0.3, 0.4) is 0 Å². The summed E-state index contributed by atoms with van der Waals surface area (Å²) in [6, 6.07) is 17.8. The number of esters is 2. The zero-order valence-electron chi connectivity index (χ0n) is 20.6. The summed E-state index contributed by atoms with van der Waals surface area (Å²) < 4.78 is 15.5. The summed E-state index contributed by atoms with van der Waals surface area (Å²) in [5.41, 5.74) is 7.54. The molecule has 0 heterocycles. The van der Waals surface area contributed by atoms with Crippen molar-refractivity contribution in [1.82, 2.24) is 5.32 Å². The molecule has 2 unspecified atom stereocenters. The Morgan fingerprint density at radius 2 is 1.43 bits per heavy atom. The second-order valence-electron chi connectivity index (χ2n) is 7.98. The molecule has 0 aromatic heterocycles. The Balaban J connectivity index is 2.01. The minimum atomic E-state index is -1.24. The lowest BCUT2D eigenvalue weighted by molar-refractivity contribution is -0.160. The molecule has 0 saturated carbocycles. The highest BCUT2D eigenvalue weighted by Gasteiger charge is 2.30. The van der Waals surface area contributed by atoms with Gasteiger partial charge in [0.25, 0.3) is 0 Å². The van der Waals surface area contributed by atoms with E-state index in [-0.39, 0.29) is 5.84 Å². The molecule has 2 atom stereocenters. The van der Waals surface area contributed by atoms with Gasteiger partial charge in [-0.2, -0.15) is 0 Å². The number of benzene rings is 3. The van der Waals surface area contributed by atoms with Crippen LogP contribution in [0.2, 0.25) is 0 Å². The second-order valence-corrected chi connectivity index (χ2v) is 7.98. The van der Waals surface area contributed by atoms with E-state index in [0.717, 1.165) is 6.92 Å². The molecule has 0 aliphatic heterocycles. The van der Waals surface area contributed by atoms with Gasteiger partial charge in [-0.3, -0.25) is 15.0 Å². The molecule has 192 valence electrons. The van der Waals surface area contributed by atoms with E-state index in [2.05, 4.69) is 10.6 Å². The number of nitrogens with two attached hydrogens (primary N) is 1. The predicted octanol–water partition coefficient (Wildman–Crippen LogP) is 3.09. The SMILES string of the molecule is COc1cc(OC)cc(C(Nc2ccc(C(=N)N)cc2)C(=O)NC(C(=O)OC(C)=O)c2ccccc2)c1. The van der Waals surface area contributed by atoms with E-state index in [4.69, 9.17) is 25.4 Å². The molecule has 0 aliphatic rings. The zero-order valence-corrected chi connectivity index (χ0v) is 20.6. The molecule has 10 nitrogen and oxygen atoms in total. The number of nitrogen functional groups attached to an aromatic ring is 1. The van der Waals surface area contributed by atoms with Crippen LogP contribution in [0.25, 0.3) is 0 Å². The highest BCUT2D eigenvalue weighted by atomic mass is 16.6. The maximum atomic E-state index is 13.7. The summed E-state index contributed by atoms with van der Waals surface area (Å²) >= 11 is 0. The highest BCUT2D eigenvalue weighted by Crippen LogP contribution is 2.30. The van der Waals surface area contributed by atoms with Crippen molar-refractivity contribution in [3.8, 4) is 11.5 Å². The summed E-state index contributed by atoms with van der Waals surface area (Å²) in [5.74, 6) is -1.47. The van der Waals surface area contributed by atoms with Gasteiger partial charge in [-0.1, -0.05) is 30.3 Å². The number of carbonyl (C=O) groups is 3. The van der Waals surface area contributed by atoms with E-state index in [9.17, 15) is 14.4 Å². The molecule has 37 heavy (non-hydrogen) atoms. The number of amidine groups is 1. The van der Waals surface area contributed by atoms with Crippen molar-refractivity contribution in [2.45, 2.75) is 19.0 Å². The summed E-state index contributed by atoms with van der Waals surface area (Å²) in [6.07, 6.45) is 0. The molecular formula is C27H28N4O6. The quantitative estimate of drug-likeness (QED) is 0.142. The van der Waals surface area contributed by atoms with Crippen molar-refractivity contribution in [2.75, 3.05) is 19.5 Å². The first kappa shape index (κ1) is 26.7. The van der Waals surface area contributed by atoms with Crippen molar-refractivity contribution >= 4 is 29.4 Å². The van der Waals surface area contributed by atoms with Crippen LogP contribution < -0.4 is 25.8 Å². The van der Waals surface area contributed by atoms with Gasteiger partial charge in [0.1, 0.15) is 23.4 Å². The van der Waals surface area contributed by atoms with Gasteiger partial charge in [0.05, 0.1) is 14.2 Å². The van der Waals surface area contributed by atoms with Gasteiger partial charge < -0.3 is 30.6 Å². The predicted molar refractivity (Wildman–Crippen MR) is 137 cm³/mol. The number of hydrogen-bond donors (Lipinski definition) is 4. The third-order valence-electron chi connectivity index (χ3n) is 5.38. The van der Waals surface area contributed by atoms with Gasteiger partial charge in [0.15, 0.2) is 6.04 Å². The van der Waals surface area contributed by atoms with Crippen molar-refractivity contribution in [3.63, 3.8) is 0 Å². The molecule has 3 aromatic carbocycles. The van der Waals surface area contributed by atoms with Gasteiger partial charge in [-0.25, -0.2) is 4.79 Å². The molecule has 1 amide bonds. The monoisotopic (exact) mass is 504 g/mol. The Morgan fingerprint density at radius 1 is 0.838 bits per heavy atom. The van der Waals surface area contributed by atoms with Crippen LogP contribution in [0, 0.1) is 5.41 Å². The van der Waals surface area contributed by atoms with E-state index in [0.29, 0.717) is 33.9 Å². The lowest BCUT2D eigenvalue weighted by Gasteiger charge is -2.24. The summed E-state index contributed by atoms with van der Waals surface area (Å²) in [7, 11) is 2.98. The molecular weight excluding hydrogens is 476 g/mol. The number of rotatable bonds is 10. The normalized spacial score (nSPS) is 12.0. The van der Waals surface area contributed by atoms with Gasteiger partial charge in [-0.15, -0.1) is 0 Å². The zero-order chi connectivity index (χ0) is 26.9. The fraction of sp³-hybridized carbons (Fsp3) is 0.185. The third kappa shape index (κ3) is 7.07. The highest BCUT2D eigenvalue weighted by molar-refractivity contribution is 5.96. The van der Waals surface area contributed by atoms with Crippen molar-refractivity contribution < 1.29 is 28.6 Å². The van der Waals surface area contributed by atoms with Crippen molar-refractivity contribution in [1.29, 1.82) is 5.41 Å². The smallest absolute Gasteiger partial charge is 0.340 e. The molecule has 0 spiro atoms. The molecule has 10 heteroatoms. The maximum absolute atomic E-state index is 13.7. The average Bonchev–Trinajstić information content (AvgIpc) is 2.90. The Morgan fingerprint density at radius 3 is 1.95 bits per heavy atom. The van der Waals surface area contributed by atoms with E-state index in [1.54, 1.807) is 72.8 Å². The minimum Gasteiger partial charge on any atom is -0.497 e. The first-order valence-electron chi connectivity index (χ1n) is 11.2. The minimum absolute atomic E-state index is 0.0898. The summed E-state index contributed by atoms with van der Waals surface area (Å²) in [6.45, 7) is 1.11. The molecule has 0 saturated heterocycles. The summed E-state index contributed by atoms with van der Waals surface area (Å²) in [5, 5.41) is 13.4. The second kappa shape index (κ2) is 12.2. The van der Waals surface area contributed by atoms with Crippen molar-refractivity contribution in [2.24, 2.45) is 5.73 Å². The number of methoxy groups -OCH3 is 2. The van der Waals surface area contributed by atoms with E-state index in [1.165, 1.54) is 14.2 Å². The molecule has 0 bridgehead atoms. The van der Waals surface area contributed by atoms with Crippen LogP contribution in [-0.4, -0.2) is 37.9 Å². The number of carbonyl (C=O) groups excluding carboxylic acids is 3. The fourth-order valence-electron chi connectivity index (χ4n) is 3.56. The van der Waals surface area contributed by atoms with Gasteiger partial charge in [0, 0.05) is 24.2 Å². The van der Waals surface area contributed by atoms with Gasteiger partial charge in [0.2, 0.25) is 5.91 Å². The Labute approximate surface area is 214 Å². The van der Waals surface area contributed by atoms with Crippen LogP contribution in [0.15, 0.2) is 72.8 Å². The first-order valence-corrected chi connectivity index (χ1v) is 11.2. The Hall–Kier alpha value is -4.86. The van der Waals surface area contributed by atoms with Gasteiger partial charge >= 0.3 is 11.9 Å². The topological polar surface area (TPSA) is 153 Å². The van der Waals surface area contributed by atoms with Crippen LogP contribution in [0.4, 0.5) is 5.69 Å². The van der Waals surface area contributed by atoms with E-state index in [1.807, 2.05) is 0 Å². The van der Waals surface area contributed by atoms with Crippen molar-refractivity contribution in [3.05, 3.63) is 89.5 Å². The number of ether oxygens (including phenoxy) is 3. The van der Waals surface area contributed by atoms with Crippen LogP contribution in [0.5, 0.6) is 11.5 Å². The Bertz CT molecular complexity index is 1260. The molecule has 5 N–H and O–H groups in total. The Kier molecular flexibility index (Phi) is 8.82. The van der Waals surface area contributed by atoms with Crippen LogP contribution >= 0.6 is 0 Å². The fourth-order valence-corrected chi connectivity index (χ4v) is 3.56. The number of nitrogens with one attached hydrogen (secondary N) is 3. The number of hydrogen-bond acceptors (Lipinski definition) is 8. The van der Waals surface area contributed by atoms with E-state index >= 15 is 0 Å². The summed E-state index contributed by atoms with van der Waals surface area (Å²) in [4.78, 5) is 37.9. The molecule has 3 aromatic rings. The number of amides is 1. The lowest BCUT2D eigenvalue weighted by atomic mass is 10.0. The third-order valence-corrected chi connectivity index (χ3v) is 5.38. The maximum Gasteiger partial charge on any atom is 0.340 e. The largest absolute Gasteiger partial charge is 0.497 e. The number of anilines is 1. The van der Waals surface area contributed by atoms with E-state index < -0.39 is 29.9 Å².